The van der Waals surface area contributed by atoms with Gasteiger partial charge in [-0.15, -0.1) is 11.3 Å². The van der Waals surface area contributed by atoms with E-state index in [9.17, 15) is 19.2 Å². The molecule has 12 heteroatoms. The van der Waals surface area contributed by atoms with Crippen molar-refractivity contribution in [3.63, 3.8) is 0 Å². The number of aryl methyl sites for hydroxylation is 2. The van der Waals surface area contributed by atoms with Crippen LogP contribution in [0.4, 0.5) is 10.5 Å². The second-order valence-electron chi connectivity index (χ2n) is 14.6. The highest BCUT2D eigenvalue weighted by molar-refractivity contribution is 7.13. The molecule has 6 rings (SSSR count). The van der Waals surface area contributed by atoms with E-state index in [1.165, 1.54) is 7.11 Å². The molecule has 3 heterocycles. The van der Waals surface area contributed by atoms with Crippen molar-refractivity contribution in [2.75, 3.05) is 19.0 Å². The molecule has 52 heavy (non-hydrogen) atoms. The zero-order valence-corrected chi connectivity index (χ0v) is 31.4. The third-order valence-electron chi connectivity index (χ3n) is 9.32. The highest BCUT2D eigenvalue weighted by atomic mass is 32.1. The van der Waals surface area contributed by atoms with Crippen molar-refractivity contribution < 1.29 is 33.4 Å². The van der Waals surface area contributed by atoms with Crippen molar-refractivity contribution in [3.8, 4) is 27.3 Å². The number of thiophene rings is 1. The number of fused-ring (bicyclic) bond motifs is 3. The van der Waals surface area contributed by atoms with Crippen LogP contribution in [-0.2, 0) is 22.4 Å². The molecule has 0 spiro atoms. The number of hydrogen-bond donors (Lipinski definition) is 3. The number of nitrogens with one attached hydrogen (secondary N) is 3. The molecule has 0 radical (unpaired) electrons. The minimum absolute atomic E-state index is 0.0741. The van der Waals surface area contributed by atoms with Gasteiger partial charge in [0.15, 0.2) is 5.69 Å². The Kier molecular flexibility index (Phi) is 10.1. The average Bonchev–Trinajstić information content (AvgIpc) is 3.47. The Hall–Kier alpha value is -5.23. The van der Waals surface area contributed by atoms with Crippen LogP contribution < -0.4 is 20.7 Å². The van der Waals surface area contributed by atoms with Crippen molar-refractivity contribution in [2.45, 2.75) is 84.9 Å². The molecule has 0 unspecified atom stereocenters. The third kappa shape index (κ3) is 7.81. The topological polar surface area (TPSA) is 145 Å². The lowest BCUT2D eigenvalue weighted by Crippen LogP contribution is -2.51. The molecule has 0 saturated heterocycles. The molecule has 2 aromatic carbocycles. The zero-order valence-electron chi connectivity index (χ0n) is 30.6. The van der Waals surface area contributed by atoms with Crippen LogP contribution in [0.15, 0.2) is 47.8 Å². The number of aromatic nitrogens is 1. The summed E-state index contributed by atoms with van der Waals surface area (Å²) in [5.74, 6) is -0.980. The fraction of sp³-hybridized carbons (Fsp3) is 0.375. The molecule has 272 valence electrons. The van der Waals surface area contributed by atoms with Gasteiger partial charge < -0.3 is 30.2 Å². The first kappa shape index (κ1) is 36.6. The average molecular weight is 725 g/mol. The SMILES string of the molecule is COC(=O)c1nc(C(=O)NC2(C)CCC2)ccc1-c1cc2c(cc1C(=O)Nc1c(C)cc(CNC(=O)OC(C)(C)C)cc1C)-c1sccc1CCO2. The monoisotopic (exact) mass is 724 g/mol. The molecule has 0 atom stereocenters. The number of carbonyl (C=O) groups excluding carboxylic acids is 4. The van der Waals surface area contributed by atoms with Crippen LogP contribution in [0.5, 0.6) is 5.75 Å². The smallest absolute Gasteiger partial charge is 0.407 e. The summed E-state index contributed by atoms with van der Waals surface area (Å²) in [6.45, 7) is 11.9. The Bertz CT molecular complexity index is 2050. The summed E-state index contributed by atoms with van der Waals surface area (Å²) in [5.41, 5.74) is 4.99. The normalized spacial score (nSPS) is 14.4. The molecule has 1 saturated carbocycles. The summed E-state index contributed by atoms with van der Waals surface area (Å²) >= 11 is 1.57. The molecule has 1 fully saturated rings. The number of nitrogens with zero attached hydrogens (tertiary/aromatic N) is 1. The molecule has 1 aliphatic carbocycles. The van der Waals surface area contributed by atoms with Gasteiger partial charge in [0.1, 0.15) is 17.0 Å². The van der Waals surface area contributed by atoms with Gasteiger partial charge in [-0.2, -0.15) is 0 Å². The number of pyridine rings is 1. The van der Waals surface area contributed by atoms with Crippen LogP contribution in [0, 0.1) is 13.8 Å². The van der Waals surface area contributed by atoms with E-state index in [0.29, 0.717) is 35.6 Å². The summed E-state index contributed by atoms with van der Waals surface area (Å²) in [5, 5.41) is 10.9. The number of carbonyl (C=O) groups is 4. The number of amides is 3. The van der Waals surface area contributed by atoms with Gasteiger partial charge in [-0.05, 0) is 119 Å². The molecular weight excluding hydrogens is 681 g/mol. The molecule has 2 aromatic heterocycles. The summed E-state index contributed by atoms with van der Waals surface area (Å²) in [7, 11) is 1.25. The van der Waals surface area contributed by atoms with Crippen LogP contribution in [-0.4, -0.2) is 53.7 Å². The van der Waals surface area contributed by atoms with Crippen molar-refractivity contribution in [1.82, 2.24) is 15.6 Å². The van der Waals surface area contributed by atoms with Gasteiger partial charge >= 0.3 is 12.1 Å². The molecule has 11 nitrogen and oxygen atoms in total. The van der Waals surface area contributed by atoms with Crippen molar-refractivity contribution in [3.05, 3.63) is 87.0 Å². The quantitative estimate of drug-likeness (QED) is 0.156. The zero-order chi connectivity index (χ0) is 37.4. The first-order valence-corrected chi connectivity index (χ1v) is 18.2. The Morgan fingerprint density at radius 3 is 2.35 bits per heavy atom. The fourth-order valence-electron chi connectivity index (χ4n) is 6.57. The number of hydrogen-bond acceptors (Lipinski definition) is 9. The van der Waals surface area contributed by atoms with Gasteiger partial charge in [-0.25, -0.2) is 14.6 Å². The van der Waals surface area contributed by atoms with Crippen molar-refractivity contribution in [2.24, 2.45) is 0 Å². The van der Waals surface area contributed by atoms with Gasteiger partial charge in [0.2, 0.25) is 0 Å². The van der Waals surface area contributed by atoms with Crippen LogP contribution in [0.3, 0.4) is 0 Å². The predicted octanol–water partition coefficient (Wildman–Crippen LogP) is 7.76. The highest BCUT2D eigenvalue weighted by Gasteiger charge is 2.34. The minimum atomic E-state index is -0.746. The molecule has 3 N–H and O–H groups in total. The van der Waals surface area contributed by atoms with Crippen LogP contribution in [0.25, 0.3) is 21.6 Å². The number of methoxy groups -OCH3 is 1. The molecule has 2 aliphatic rings. The summed E-state index contributed by atoms with van der Waals surface area (Å²) in [6, 6.07) is 12.6. The second kappa shape index (κ2) is 14.4. The lowest BCUT2D eigenvalue weighted by Gasteiger charge is -2.39. The summed E-state index contributed by atoms with van der Waals surface area (Å²) in [6.07, 6.45) is 2.95. The molecule has 4 aromatic rings. The van der Waals surface area contributed by atoms with Crippen LogP contribution >= 0.6 is 11.3 Å². The second-order valence-corrected chi connectivity index (χ2v) is 15.6. The molecular formula is C40H44N4O7S. The Morgan fingerprint density at radius 1 is 0.962 bits per heavy atom. The Labute approximate surface area is 307 Å². The van der Waals surface area contributed by atoms with E-state index in [0.717, 1.165) is 52.0 Å². The van der Waals surface area contributed by atoms with E-state index in [4.69, 9.17) is 14.2 Å². The first-order valence-electron chi connectivity index (χ1n) is 17.3. The summed E-state index contributed by atoms with van der Waals surface area (Å²) < 4.78 is 16.7. The minimum Gasteiger partial charge on any atom is -0.493 e. The van der Waals surface area contributed by atoms with E-state index < -0.39 is 23.6 Å². The van der Waals surface area contributed by atoms with Crippen LogP contribution in [0.1, 0.15) is 101 Å². The largest absolute Gasteiger partial charge is 0.493 e. The highest BCUT2D eigenvalue weighted by Crippen LogP contribution is 2.43. The van der Waals surface area contributed by atoms with Crippen molar-refractivity contribution >= 4 is 40.9 Å². The molecule has 0 bridgehead atoms. The maximum atomic E-state index is 14.5. The lowest BCUT2D eigenvalue weighted by molar-refractivity contribution is 0.0521. The Morgan fingerprint density at radius 2 is 1.69 bits per heavy atom. The van der Waals surface area contributed by atoms with Gasteiger partial charge in [0, 0.05) is 51.3 Å². The lowest BCUT2D eigenvalue weighted by atomic mass is 9.78. The fourth-order valence-corrected chi connectivity index (χ4v) is 7.55. The first-order chi connectivity index (χ1) is 24.6. The molecule has 3 amide bonds. The van der Waals surface area contributed by atoms with Crippen molar-refractivity contribution in [1.29, 1.82) is 0 Å². The number of benzene rings is 2. The van der Waals surface area contributed by atoms with E-state index >= 15 is 0 Å². The van der Waals surface area contributed by atoms with Gasteiger partial charge in [0.05, 0.1) is 13.7 Å². The van der Waals surface area contributed by atoms with Crippen LogP contribution in [0.2, 0.25) is 0 Å². The number of anilines is 1. The maximum Gasteiger partial charge on any atom is 0.407 e. The van der Waals surface area contributed by atoms with E-state index in [1.807, 2.05) is 38.3 Å². The standard InChI is InChI=1S/C40H44N4O7S/c1-22-17-24(21-41-38(48)51-39(3,4)5)18-23(2)32(22)43-35(45)28-19-29-31(50-15-11-25-12-16-52-34(25)29)20-27(28)26-9-10-30(42-33(26)37(47)49-7)36(46)44-40(6)13-8-14-40/h9-10,12,16-20H,8,11,13-15,21H2,1-7H3,(H,41,48)(H,43,45)(H,44,46). The van der Waals surface area contributed by atoms with E-state index in [1.54, 1.807) is 56.4 Å². The van der Waals surface area contributed by atoms with E-state index in [2.05, 4.69) is 27.0 Å². The summed E-state index contributed by atoms with van der Waals surface area (Å²) in [4.78, 5) is 58.8. The number of esters is 1. The number of ether oxygens (including phenoxy) is 3. The number of rotatable bonds is 8. The van der Waals surface area contributed by atoms with Gasteiger partial charge in [0.25, 0.3) is 11.8 Å². The maximum absolute atomic E-state index is 14.5. The number of alkyl carbamates (subject to hydrolysis) is 1. The van der Waals surface area contributed by atoms with Gasteiger partial charge in [-0.1, -0.05) is 12.1 Å². The molecule has 1 aliphatic heterocycles. The van der Waals surface area contributed by atoms with E-state index in [-0.39, 0.29) is 34.9 Å². The van der Waals surface area contributed by atoms with Gasteiger partial charge in [-0.3, -0.25) is 9.59 Å². The predicted molar refractivity (Wildman–Crippen MR) is 200 cm³/mol. The third-order valence-corrected chi connectivity index (χ3v) is 10.3. The Balaban J connectivity index is 1.39.